The lowest BCUT2D eigenvalue weighted by molar-refractivity contribution is 0.0955. The number of nitrogens with one attached hydrogen (secondary N) is 1. The summed E-state index contributed by atoms with van der Waals surface area (Å²) in [5.41, 5.74) is 3.47. The van der Waals surface area contributed by atoms with Gasteiger partial charge in [0, 0.05) is 5.56 Å². The molecule has 5 nitrogen and oxygen atoms in total. The van der Waals surface area contributed by atoms with E-state index in [0.717, 1.165) is 5.56 Å². The molecule has 1 amide bonds. The molecule has 0 aliphatic carbocycles. The van der Waals surface area contributed by atoms with E-state index in [2.05, 4.69) is 10.5 Å². The maximum atomic E-state index is 12.7. The highest BCUT2D eigenvalue weighted by atomic mass is 19.1. The van der Waals surface area contributed by atoms with E-state index < -0.39 is 11.7 Å². The zero-order valence-corrected chi connectivity index (χ0v) is 10.9. The molecule has 0 saturated carbocycles. The summed E-state index contributed by atoms with van der Waals surface area (Å²) < 4.78 is 23.2. The van der Waals surface area contributed by atoms with E-state index in [-0.39, 0.29) is 6.79 Å². The first kappa shape index (κ1) is 13.1. The number of fused-ring (bicyclic) bond motifs is 1. The molecule has 0 bridgehead atoms. The van der Waals surface area contributed by atoms with Crippen LogP contribution in [0.1, 0.15) is 15.9 Å². The van der Waals surface area contributed by atoms with E-state index >= 15 is 0 Å². The molecule has 0 atom stereocenters. The van der Waals surface area contributed by atoms with Gasteiger partial charge in [0.1, 0.15) is 5.82 Å². The molecule has 1 heterocycles. The summed E-state index contributed by atoms with van der Waals surface area (Å²) in [4.78, 5) is 11.7. The number of nitrogens with zero attached hydrogens (tertiary/aromatic N) is 1. The normalized spacial score (nSPS) is 12.6. The Morgan fingerprint density at radius 1 is 1.14 bits per heavy atom. The van der Waals surface area contributed by atoms with Crippen LogP contribution in [-0.2, 0) is 0 Å². The fourth-order valence-electron chi connectivity index (χ4n) is 1.82. The van der Waals surface area contributed by atoms with Crippen LogP contribution < -0.4 is 14.9 Å². The molecule has 6 heteroatoms. The van der Waals surface area contributed by atoms with Crippen LogP contribution >= 0.6 is 0 Å². The topological polar surface area (TPSA) is 59.9 Å². The maximum Gasteiger partial charge on any atom is 0.271 e. The molecule has 21 heavy (non-hydrogen) atoms. The average molecular weight is 286 g/mol. The zero-order valence-electron chi connectivity index (χ0n) is 10.9. The van der Waals surface area contributed by atoms with Gasteiger partial charge in [-0.1, -0.05) is 0 Å². The molecule has 2 aromatic rings. The van der Waals surface area contributed by atoms with Gasteiger partial charge in [-0.3, -0.25) is 4.79 Å². The summed E-state index contributed by atoms with van der Waals surface area (Å²) in [6.45, 7) is 0.206. The van der Waals surface area contributed by atoms with Crippen molar-refractivity contribution < 1.29 is 18.7 Å². The van der Waals surface area contributed by atoms with Gasteiger partial charge in [0.15, 0.2) is 11.5 Å². The van der Waals surface area contributed by atoms with Crippen LogP contribution in [0, 0.1) is 5.82 Å². The third-order valence-corrected chi connectivity index (χ3v) is 2.88. The molecular formula is C15H11FN2O3. The van der Waals surface area contributed by atoms with Gasteiger partial charge in [0.25, 0.3) is 5.91 Å². The number of hydrogen-bond donors (Lipinski definition) is 1. The molecule has 2 aromatic carbocycles. The first-order chi connectivity index (χ1) is 10.2. The predicted molar refractivity (Wildman–Crippen MR) is 74.0 cm³/mol. The quantitative estimate of drug-likeness (QED) is 0.696. The van der Waals surface area contributed by atoms with Crippen molar-refractivity contribution in [1.82, 2.24) is 5.43 Å². The smallest absolute Gasteiger partial charge is 0.271 e. The Morgan fingerprint density at radius 2 is 1.90 bits per heavy atom. The number of carbonyl (C=O) groups excluding carboxylic acids is 1. The van der Waals surface area contributed by atoms with E-state index in [1.807, 2.05) is 0 Å². The largest absolute Gasteiger partial charge is 0.454 e. The fraction of sp³-hybridized carbons (Fsp3) is 0.0667. The molecule has 1 aliphatic rings. The fourth-order valence-corrected chi connectivity index (χ4v) is 1.82. The van der Waals surface area contributed by atoms with Gasteiger partial charge in [-0.05, 0) is 48.0 Å². The van der Waals surface area contributed by atoms with Crippen LogP contribution in [0.4, 0.5) is 4.39 Å². The van der Waals surface area contributed by atoms with Crippen molar-refractivity contribution in [2.45, 2.75) is 0 Å². The van der Waals surface area contributed by atoms with Crippen LogP contribution in [0.5, 0.6) is 11.5 Å². The van der Waals surface area contributed by atoms with Crippen LogP contribution in [-0.4, -0.2) is 18.9 Å². The van der Waals surface area contributed by atoms with E-state index in [1.54, 1.807) is 18.2 Å². The molecule has 0 aromatic heterocycles. The van der Waals surface area contributed by atoms with Gasteiger partial charge < -0.3 is 9.47 Å². The average Bonchev–Trinajstić information content (AvgIpc) is 2.95. The Bertz CT molecular complexity index is 699. The lowest BCUT2D eigenvalue weighted by Crippen LogP contribution is -2.17. The summed E-state index contributed by atoms with van der Waals surface area (Å²) in [5, 5.41) is 3.85. The monoisotopic (exact) mass is 286 g/mol. The molecule has 0 spiro atoms. The number of carbonyl (C=O) groups is 1. The number of hydrazone groups is 1. The van der Waals surface area contributed by atoms with Crippen LogP contribution in [0.25, 0.3) is 0 Å². The van der Waals surface area contributed by atoms with E-state index in [4.69, 9.17) is 9.47 Å². The lowest BCUT2D eigenvalue weighted by Gasteiger charge is -2.00. The second-order valence-corrected chi connectivity index (χ2v) is 4.32. The molecule has 0 radical (unpaired) electrons. The minimum atomic E-state index is -0.410. The zero-order chi connectivity index (χ0) is 14.7. The summed E-state index contributed by atoms with van der Waals surface area (Å²) >= 11 is 0. The predicted octanol–water partition coefficient (Wildman–Crippen LogP) is 2.32. The third-order valence-electron chi connectivity index (χ3n) is 2.88. The second kappa shape index (κ2) is 5.62. The van der Waals surface area contributed by atoms with E-state index in [1.165, 1.54) is 30.5 Å². The summed E-state index contributed by atoms with van der Waals surface area (Å²) in [6, 6.07) is 10.5. The number of halogens is 1. The Kier molecular flexibility index (Phi) is 3.51. The number of amides is 1. The van der Waals surface area contributed by atoms with Gasteiger partial charge in [-0.25, -0.2) is 9.82 Å². The number of hydrogen-bond acceptors (Lipinski definition) is 4. The maximum absolute atomic E-state index is 12.7. The van der Waals surface area contributed by atoms with Gasteiger partial charge in [-0.15, -0.1) is 0 Å². The van der Waals surface area contributed by atoms with Crippen molar-refractivity contribution in [1.29, 1.82) is 0 Å². The minimum absolute atomic E-state index is 0.206. The molecule has 1 aliphatic heterocycles. The summed E-state index contributed by atoms with van der Waals surface area (Å²) in [6.07, 6.45) is 1.49. The SMILES string of the molecule is O=C(N/N=C/c1ccc2c(c1)OCO2)c1ccc(F)cc1. The Hall–Kier alpha value is -2.89. The first-order valence-corrected chi connectivity index (χ1v) is 6.21. The lowest BCUT2D eigenvalue weighted by atomic mass is 10.2. The van der Waals surface area contributed by atoms with Crippen molar-refractivity contribution in [3.05, 3.63) is 59.4 Å². The Balaban J connectivity index is 1.64. The van der Waals surface area contributed by atoms with Crippen LogP contribution in [0.15, 0.2) is 47.6 Å². The number of ether oxygens (including phenoxy) is 2. The molecule has 0 unspecified atom stereocenters. The molecule has 3 rings (SSSR count). The van der Waals surface area contributed by atoms with Gasteiger partial charge in [-0.2, -0.15) is 5.10 Å². The second-order valence-electron chi connectivity index (χ2n) is 4.32. The van der Waals surface area contributed by atoms with Crippen molar-refractivity contribution in [2.75, 3.05) is 6.79 Å². The molecule has 1 N–H and O–H groups in total. The highest BCUT2D eigenvalue weighted by molar-refractivity contribution is 5.94. The van der Waals surface area contributed by atoms with Crippen LogP contribution in [0.2, 0.25) is 0 Å². The minimum Gasteiger partial charge on any atom is -0.454 e. The highest BCUT2D eigenvalue weighted by Gasteiger charge is 2.12. The number of benzene rings is 2. The molecule has 0 saturated heterocycles. The molecule has 0 fully saturated rings. The van der Waals surface area contributed by atoms with Crippen molar-refractivity contribution in [2.24, 2.45) is 5.10 Å². The Labute approximate surface area is 120 Å². The molecule has 106 valence electrons. The third kappa shape index (κ3) is 3.00. The van der Waals surface area contributed by atoms with Crippen molar-refractivity contribution in [3.8, 4) is 11.5 Å². The van der Waals surface area contributed by atoms with Gasteiger partial charge >= 0.3 is 0 Å². The van der Waals surface area contributed by atoms with Gasteiger partial charge in [0.05, 0.1) is 6.21 Å². The standard InChI is InChI=1S/C15H11FN2O3/c16-12-4-2-11(3-5-12)15(19)18-17-8-10-1-6-13-14(7-10)21-9-20-13/h1-8H,9H2,(H,18,19)/b17-8+. The van der Waals surface area contributed by atoms with E-state index in [0.29, 0.717) is 17.1 Å². The summed E-state index contributed by atoms with van der Waals surface area (Å²) in [5.74, 6) is 0.522. The highest BCUT2D eigenvalue weighted by Crippen LogP contribution is 2.31. The van der Waals surface area contributed by atoms with E-state index in [9.17, 15) is 9.18 Å². The molecular weight excluding hydrogens is 275 g/mol. The summed E-state index contributed by atoms with van der Waals surface area (Å²) in [7, 11) is 0. The van der Waals surface area contributed by atoms with Crippen molar-refractivity contribution >= 4 is 12.1 Å². The number of rotatable bonds is 3. The first-order valence-electron chi connectivity index (χ1n) is 6.21. The van der Waals surface area contributed by atoms with Crippen LogP contribution in [0.3, 0.4) is 0 Å². The Morgan fingerprint density at radius 3 is 2.71 bits per heavy atom. The van der Waals surface area contributed by atoms with Crippen molar-refractivity contribution in [3.63, 3.8) is 0 Å². The van der Waals surface area contributed by atoms with Gasteiger partial charge in [0.2, 0.25) is 6.79 Å².